The van der Waals surface area contributed by atoms with Gasteiger partial charge in [0.2, 0.25) is 12.3 Å². The fraction of sp³-hybridized carbons (Fsp3) is 0.500. The number of carbonyl (C=O) groups excluding carboxylic acids is 2. The minimum absolute atomic E-state index is 0.0797. The standard InChI is InChI=1S/C16H23N3O2/c1-14-4-2-3-5-15(14)12-17-16(21)6-7-18-8-10-19(13-20)11-9-18/h2-5,13H,6-12H2,1H3,(H,17,21). The van der Waals surface area contributed by atoms with E-state index in [2.05, 4.69) is 10.2 Å². The molecule has 0 atom stereocenters. The van der Waals surface area contributed by atoms with Gasteiger partial charge in [0.15, 0.2) is 0 Å². The highest BCUT2D eigenvalue weighted by atomic mass is 16.1. The maximum absolute atomic E-state index is 11.9. The number of rotatable bonds is 6. The van der Waals surface area contributed by atoms with Gasteiger partial charge in [-0.05, 0) is 18.1 Å². The van der Waals surface area contributed by atoms with E-state index < -0.39 is 0 Å². The van der Waals surface area contributed by atoms with E-state index >= 15 is 0 Å². The first-order valence-corrected chi connectivity index (χ1v) is 7.42. The van der Waals surface area contributed by atoms with Gasteiger partial charge in [-0.3, -0.25) is 14.5 Å². The van der Waals surface area contributed by atoms with Crippen molar-refractivity contribution in [1.29, 1.82) is 0 Å². The molecule has 0 saturated carbocycles. The molecule has 1 saturated heterocycles. The van der Waals surface area contributed by atoms with Crippen molar-refractivity contribution < 1.29 is 9.59 Å². The van der Waals surface area contributed by atoms with Gasteiger partial charge >= 0.3 is 0 Å². The Morgan fingerprint density at radius 3 is 2.62 bits per heavy atom. The summed E-state index contributed by atoms with van der Waals surface area (Å²) in [5.74, 6) is 0.0797. The summed E-state index contributed by atoms with van der Waals surface area (Å²) in [6.45, 7) is 6.61. The Kier molecular flexibility index (Phi) is 5.75. The van der Waals surface area contributed by atoms with E-state index in [4.69, 9.17) is 0 Å². The third kappa shape index (κ3) is 4.86. The lowest BCUT2D eigenvalue weighted by Gasteiger charge is -2.32. The second-order valence-corrected chi connectivity index (χ2v) is 5.44. The maximum Gasteiger partial charge on any atom is 0.221 e. The van der Waals surface area contributed by atoms with E-state index in [0.717, 1.165) is 44.7 Å². The third-order valence-electron chi connectivity index (χ3n) is 3.95. The number of aryl methyl sites for hydroxylation is 1. The monoisotopic (exact) mass is 289 g/mol. The van der Waals surface area contributed by atoms with Crippen LogP contribution in [-0.2, 0) is 16.1 Å². The fourth-order valence-electron chi connectivity index (χ4n) is 2.44. The Labute approximate surface area is 125 Å². The van der Waals surface area contributed by atoms with Crippen LogP contribution >= 0.6 is 0 Å². The molecule has 1 aromatic carbocycles. The zero-order valence-electron chi connectivity index (χ0n) is 12.5. The van der Waals surface area contributed by atoms with Crippen LogP contribution in [0.2, 0.25) is 0 Å². The van der Waals surface area contributed by atoms with Crippen molar-refractivity contribution in [3.8, 4) is 0 Å². The summed E-state index contributed by atoms with van der Waals surface area (Å²) in [6, 6.07) is 8.07. The highest BCUT2D eigenvalue weighted by molar-refractivity contribution is 5.76. The first kappa shape index (κ1) is 15.5. The van der Waals surface area contributed by atoms with E-state index in [1.807, 2.05) is 31.2 Å². The topological polar surface area (TPSA) is 52.7 Å². The zero-order chi connectivity index (χ0) is 15.1. The van der Waals surface area contributed by atoms with Crippen molar-refractivity contribution >= 4 is 12.3 Å². The number of benzene rings is 1. The number of nitrogens with zero attached hydrogens (tertiary/aromatic N) is 2. The quantitative estimate of drug-likeness (QED) is 0.787. The molecule has 0 spiro atoms. The molecule has 0 bridgehead atoms. The van der Waals surface area contributed by atoms with E-state index in [9.17, 15) is 9.59 Å². The van der Waals surface area contributed by atoms with Crippen LogP contribution in [-0.4, -0.2) is 54.8 Å². The summed E-state index contributed by atoms with van der Waals surface area (Å²) < 4.78 is 0. The summed E-state index contributed by atoms with van der Waals surface area (Å²) in [7, 11) is 0. The van der Waals surface area contributed by atoms with Gasteiger partial charge in [-0.1, -0.05) is 24.3 Å². The number of piperazine rings is 1. The minimum atomic E-state index is 0.0797. The van der Waals surface area contributed by atoms with Crippen LogP contribution in [0.15, 0.2) is 24.3 Å². The normalized spacial score (nSPS) is 15.8. The van der Waals surface area contributed by atoms with Crippen LogP contribution in [0, 0.1) is 6.92 Å². The van der Waals surface area contributed by atoms with Gasteiger partial charge in [-0.25, -0.2) is 0 Å². The van der Waals surface area contributed by atoms with Crippen LogP contribution in [0.4, 0.5) is 0 Å². The van der Waals surface area contributed by atoms with E-state index in [1.54, 1.807) is 4.90 Å². The number of carbonyl (C=O) groups is 2. The Hall–Kier alpha value is -1.88. The van der Waals surface area contributed by atoms with Gasteiger partial charge in [0.05, 0.1) is 0 Å². The summed E-state index contributed by atoms with van der Waals surface area (Å²) in [5, 5.41) is 2.97. The molecular formula is C16H23N3O2. The lowest BCUT2D eigenvalue weighted by Crippen LogP contribution is -2.46. The molecule has 5 heteroatoms. The smallest absolute Gasteiger partial charge is 0.221 e. The number of amides is 2. The van der Waals surface area contributed by atoms with Crippen LogP contribution in [0.3, 0.4) is 0 Å². The molecule has 0 aliphatic carbocycles. The van der Waals surface area contributed by atoms with Crippen molar-refractivity contribution in [2.24, 2.45) is 0 Å². The predicted molar refractivity (Wildman–Crippen MR) is 81.7 cm³/mol. The molecule has 0 radical (unpaired) electrons. The Morgan fingerprint density at radius 1 is 1.24 bits per heavy atom. The Balaban J connectivity index is 1.66. The van der Waals surface area contributed by atoms with Crippen LogP contribution in [0.5, 0.6) is 0 Å². The molecule has 1 N–H and O–H groups in total. The van der Waals surface area contributed by atoms with E-state index in [1.165, 1.54) is 5.56 Å². The molecule has 2 amide bonds. The molecule has 2 rings (SSSR count). The third-order valence-corrected chi connectivity index (χ3v) is 3.95. The average molecular weight is 289 g/mol. The average Bonchev–Trinajstić information content (AvgIpc) is 2.52. The van der Waals surface area contributed by atoms with Crippen molar-refractivity contribution in [1.82, 2.24) is 15.1 Å². The largest absolute Gasteiger partial charge is 0.352 e. The lowest BCUT2D eigenvalue weighted by molar-refractivity contribution is -0.123. The van der Waals surface area contributed by atoms with Gasteiger partial charge in [-0.15, -0.1) is 0 Å². The first-order chi connectivity index (χ1) is 10.2. The molecule has 0 aromatic heterocycles. The molecule has 1 aliphatic heterocycles. The van der Waals surface area contributed by atoms with E-state index in [0.29, 0.717) is 13.0 Å². The van der Waals surface area contributed by atoms with Gasteiger partial charge in [0, 0.05) is 45.7 Å². The summed E-state index contributed by atoms with van der Waals surface area (Å²) >= 11 is 0. The molecular weight excluding hydrogens is 266 g/mol. The number of hydrogen-bond donors (Lipinski definition) is 1. The highest BCUT2D eigenvalue weighted by Gasteiger charge is 2.15. The second kappa shape index (κ2) is 7.78. The Morgan fingerprint density at radius 2 is 1.95 bits per heavy atom. The Bertz CT molecular complexity index is 482. The van der Waals surface area contributed by atoms with E-state index in [-0.39, 0.29) is 5.91 Å². The molecule has 1 aliphatic rings. The molecule has 5 nitrogen and oxygen atoms in total. The van der Waals surface area contributed by atoms with Crippen LogP contribution < -0.4 is 5.32 Å². The molecule has 114 valence electrons. The highest BCUT2D eigenvalue weighted by Crippen LogP contribution is 2.06. The first-order valence-electron chi connectivity index (χ1n) is 7.42. The van der Waals surface area contributed by atoms with Crippen molar-refractivity contribution in [2.75, 3.05) is 32.7 Å². The van der Waals surface area contributed by atoms with Gasteiger partial charge in [0.25, 0.3) is 0 Å². The maximum atomic E-state index is 11.9. The summed E-state index contributed by atoms with van der Waals surface area (Å²) in [4.78, 5) is 26.5. The molecule has 1 heterocycles. The second-order valence-electron chi connectivity index (χ2n) is 5.44. The molecule has 0 unspecified atom stereocenters. The van der Waals surface area contributed by atoms with Crippen molar-refractivity contribution in [3.05, 3.63) is 35.4 Å². The van der Waals surface area contributed by atoms with Gasteiger partial charge in [0.1, 0.15) is 0 Å². The number of nitrogens with one attached hydrogen (secondary N) is 1. The van der Waals surface area contributed by atoms with Gasteiger partial charge < -0.3 is 10.2 Å². The van der Waals surface area contributed by atoms with Gasteiger partial charge in [-0.2, -0.15) is 0 Å². The zero-order valence-corrected chi connectivity index (χ0v) is 12.5. The molecule has 21 heavy (non-hydrogen) atoms. The summed E-state index contributed by atoms with van der Waals surface area (Å²) in [6.07, 6.45) is 1.40. The predicted octanol–water partition coefficient (Wildman–Crippen LogP) is 0.775. The van der Waals surface area contributed by atoms with Crippen molar-refractivity contribution in [3.63, 3.8) is 0 Å². The lowest BCUT2D eigenvalue weighted by atomic mass is 10.1. The number of hydrogen-bond acceptors (Lipinski definition) is 3. The fourth-order valence-corrected chi connectivity index (χ4v) is 2.44. The summed E-state index contributed by atoms with van der Waals surface area (Å²) in [5.41, 5.74) is 2.35. The molecule has 1 fully saturated rings. The van der Waals surface area contributed by atoms with Crippen molar-refractivity contribution in [2.45, 2.75) is 19.9 Å². The van der Waals surface area contributed by atoms with Crippen LogP contribution in [0.25, 0.3) is 0 Å². The van der Waals surface area contributed by atoms with Crippen LogP contribution in [0.1, 0.15) is 17.5 Å². The molecule has 1 aromatic rings. The minimum Gasteiger partial charge on any atom is -0.352 e. The SMILES string of the molecule is Cc1ccccc1CNC(=O)CCN1CCN(C=O)CC1.